The third-order valence-electron chi connectivity index (χ3n) is 5.81. The van der Waals surface area contributed by atoms with Crippen LogP contribution in [0.3, 0.4) is 0 Å². The molecule has 0 spiro atoms. The van der Waals surface area contributed by atoms with E-state index in [4.69, 9.17) is 15.2 Å². The number of hydrogen-bond donors (Lipinski definition) is 3. The summed E-state index contributed by atoms with van der Waals surface area (Å²) in [7, 11) is 1.73. The van der Waals surface area contributed by atoms with Gasteiger partial charge in [0.25, 0.3) is 0 Å². The van der Waals surface area contributed by atoms with E-state index in [2.05, 4.69) is 41.7 Å². The Kier molecular flexibility index (Phi) is 10.9. The van der Waals surface area contributed by atoms with E-state index in [1.54, 1.807) is 7.11 Å². The number of rotatable bonds is 5. The zero-order valence-corrected chi connectivity index (χ0v) is 20.7. The Bertz CT molecular complexity index is 737. The molecular weight excluding hydrogens is 453 g/mol. The van der Waals surface area contributed by atoms with Gasteiger partial charge in [-0.1, -0.05) is 73.3 Å². The number of hydrogen-bond acceptors (Lipinski definition) is 4. The van der Waals surface area contributed by atoms with Crippen LogP contribution in [0.15, 0.2) is 48.5 Å². The second kappa shape index (κ2) is 12.9. The van der Waals surface area contributed by atoms with Crippen LogP contribution in [0.1, 0.15) is 54.8 Å². The zero-order valence-electron chi connectivity index (χ0n) is 17.9. The zero-order chi connectivity index (χ0) is 20.5. The van der Waals surface area contributed by atoms with Gasteiger partial charge in [-0.05, 0) is 36.5 Å². The van der Waals surface area contributed by atoms with Crippen molar-refractivity contribution < 1.29 is 47.7 Å². The number of benzene rings is 2. The Morgan fingerprint density at radius 2 is 1.80 bits per heavy atom. The summed E-state index contributed by atoms with van der Waals surface area (Å²) in [5.41, 5.74) is 3.29. The molecule has 0 saturated heterocycles. The van der Waals surface area contributed by atoms with Crippen LogP contribution in [-0.4, -0.2) is 42.7 Å². The van der Waals surface area contributed by atoms with Gasteiger partial charge < -0.3 is 20.3 Å². The van der Waals surface area contributed by atoms with Crippen LogP contribution < -0.4 is 10.1 Å². The summed E-state index contributed by atoms with van der Waals surface area (Å²) in [6.07, 6.45) is 6.23. The maximum Gasteiger partial charge on any atom is 0.121 e. The van der Waals surface area contributed by atoms with Crippen LogP contribution in [0.25, 0.3) is 5.32 Å². The minimum absolute atomic E-state index is 0. The topological polar surface area (TPSA) is 75.8 Å². The maximum absolute atomic E-state index is 9.83. The fourth-order valence-electron chi connectivity index (χ4n) is 4.28. The van der Waals surface area contributed by atoms with Crippen molar-refractivity contribution in [2.24, 2.45) is 0 Å². The van der Waals surface area contributed by atoms with Gasteiger partial charge in [0.15, 0.2) is 0 Å². The summed E-state index contributed by atoms with van der Waals surface area (Å²) in [5.74, 6) is 0.949. The first-order chi connectivity index (χ1) is 14.2. The van der Waals surface area contributed by atoms with E-state index in [0.29, 0.717) is 6.54 Å². The number of aliphatic hydroxyl groups is 2. The van der Waals surface area contributed by atoms with Gasteiger partial charge in [0.05, 0.1) is 19.4 Å². The Labute approximate surface area is 205 Å². The number of fused-ring (bicyclic) bond motifs is 1. The van der Waals surface area contributed by atoms with Crippen molar-refractivity contribution >= 4 is 0 Å². The predicted octanol–water partition coefficient (Wildman–Crippen LogP) is 3.93. The van der Waals surface area contributed by atoms with Crippen LogP contribution >= 0.6 is 0 Å². The molecule has 0 aromatic heterocycles. The van der Waals surface area contributed by atoms with Gasteiger partial charge in [0.2, 0.25) is 0 Å². The first kappa shape index (κ1) is 25.4. The molecule has 4 rings (SSSR count). The van der Waals surface area contributed by atoms with Crippen molar-refractivity contribution in [3.05, 3.63) is 70.5 Å². The van der Waals surface area contributed by atoms with Gasteiger partial charge in [0.1, 0.15) is 5.75 Å². The van der Waals surface area contributed by atoms with Crippen molar-refractivity contribution in [1.29, 1.82) is 0 Å². The number of methoxy groups -OCH3 is 1. The Morgan fingerprint density at radius 3 is 2.47 bits per heavy atom. The second-order valence-corrected chi connectivity index (χ2v) is 7.87. The molecule has 0 bridgehead atoms. The van der Waals surface area contributed by atoms with Crippen molar-refractivity contribution in [1.82, 2.24) is 5.32 Å². The SMILES string of the molecule is COc1cccc2c1C(c1ccccc1)[N-]CC2.OCNCC1(O)CCCCC1.[Y]. The summed E-state index contributed by atoms with van der Waals surface area (Å²) >= 11 is 0. The molecule has 1 atom stereocenters. The van der Waals surface area contributed by atoms with Crippen LogP contribution in [0.5, 0.6) is 5.75 Å². The summed E-state index contributed by atoms with van der Waals surface area (Å²) in [5, 5.41) is 25.9. The fourth-order valence-corrected chi connectivity index (χ4v) is 4.28. The number of nitrogens with one attached hydrogen (secondary N) is 1. The van der Waals surface area contributed by atoms with E-state index < -0.39 is 5.60 Å². The Hall–Kier alpha value is -0.816. The minimum atomic E-state index is -0.541. The molecule has 2 aliphatic rings. The van der Waals surface area contributed by atoms with Gasteiger partial charge in [0, 0.05) is 39.3 Å². The summed E-state index contributed by atoms with van der Waals surface area (Å²) in [6.45, 7) is 1.38. The Morgan fingerprint density at radius 1 is 1.07 bits per heavy atom. The van der Waals surface area contributed by atoms with E-state index >= 15 is 0 Å². The molecule has 1 fully saturated rings. The second-order valence-electron chi connectivity index (χ2n) is 7.87. The maximum atomic E-state index is 9.83. The molecule has 1 saturated carbocycles. The normalized spacial score (nSPS) is 19.5. The monoisotopic (exact) mass is 486 g/mol. The molecule has 1 radical (unpaired) electrons. The molecule has 1 aliphatic carbocycles. The largest absolute Gasteiger partial charge is 0.651 e. The third kappa shape index (κ3) is 6.84. The smallest absolute Gasteiger partial charge is 0.121 e. The average molecular weight is 486 g/mol. The molecule has 1 heterocycles. The molecule has 3 N–H and O–H groups in total. The van der Waals surface area contributed by atoms with Crippen molar-refractivity contribution in [3.8, 4) is 5.75 Å². The van der Waals surface area contributed by atoms with Crippen molar-refractivity contribution in [2.75, 3.05) is 26.9 Å². The minimum Gasteiger partial charge on any atom is -0.651 e. The van der Waals surface area contributed by atoms with Gasteiger partial charge in [-0.2, -0.15) is 0 Å². The van der Waals surface area contributed by atoms with Gasteiger partial charge in [-0.25, -0.2) is 0 Å². The van der Waals surface area contributed by atoms with Crippen LogP contribution in [-0.2, 0) is 39.1 Å². The van der Waals surface area contributed by atoms with E-state index in [1.807, 2.05) is 12.1 Å². The molecule has 6 heteroatoms. The number of aliphatic hydroxyl groups excluding tert-OH is 1. The molecular formula is C24H33N2O3Y-. The van der Waals surface area contributed by atoms with E-state index in [-0.39, 0.29) is 45.5 Å². The Balaban J connectivity index is 0.000000232. The van der Waals surface area contributed by atoms with Gasteiger partial charge >= 0.3 is 0 Å². The summed E-state index contributed by atoms with van der Waals surface area (Å²) in [4.78, 5) is 0. The fraction of sp³-hybridized carbons (Fsp3) is 0.500. The molecule has 30 heavy (non-hydrogen) atoms. The van der Waals surface area contributed by atoms with Crippen LogP contribution in [0.2, 0.25) is 0 Å². The first-order valence-electron chi connectivity index (χ1n) is 10.6. The first-order valence-corrected chi connectivity index (χ1v) is 10.6. The van der Waals surface area contributed by atoms with Gasteiger partial charge in [-0.15, -0.1) is 6.54 Å². The van der Waals surface area contributed by atoms with E-state index in [0.717, 1.165) is 44.4 Å². The predicted molar refractivity (Wildman–Crippen MR) is 116 cm³/mol. The molecule has 0 amide bonds. The molecule has 1 aliphatic heterocycles. The third-order valence-corrected chi connectivity index (χ3v) is 5.81. The van der Waals surface area contributed by atoms with E-state index in [1.165, 1.54) is 23.1 Å². The summed E-state index contributed by atoms with van der Waals surface area (Å²) in [6, 6.07) is 16.8. The molecule has 2 aromatic carbocycles. The molecule has 1 unspecified atom stereocenters. The van der Waals surface area contributed by atoms with Crippen molar-refractivity contribution in [3.63, 3.8) is 0 Å². The quantitative estimate of drug-likeness (QED) is 0.560. The molecule has 161 valence electrons. The number of nitrogens with zero attached hydrogens (tertiary/aromatic N) is 1. The average Bonchev–Trinajstić information content (AvgIpc) is 2.78. The number of ether oxygens (including phenoxy) is 1. The standard InChI is InChI=1S/C16H16NO.C8H17NO2.Y/c1-18-14-9-5-8-12-10-11-17-16(15(12)14)13-6-3-2-4-7-13;10-7-9-6-8(11)4-2-1-3-5-8;/h2-9,16H,10-11H2,1H3;9-11H,1-7H2;/q-1;;. The van der Waals surface area contributed by atoms with Gasteiger partial charge in [-0.3, -0.25) is 5.32 Å². The summed E-state index contributed by atoms with van der Waals surface area (Å²) < 4.78 is 5.50. The van der Waals surface area contributed by atoms with Crippen molar-refractivity contribution in [2.45, 2.75) is 50.2 Å². The van der Waals surface area contributed by atoms with Crippen LogP contribution in [0, 0.1) is 0 Å². The molecule has 2 aromatic rings. The molecule has 5 nitrogen and oxygen atoms in total. The van der Waals surface area contributed by atoms with E-state index in [9.17, 15) is 5.11 Å². The van der Waals surface area contributed by atoms with Crippen LogP contribution in [0.4, 0.5) is 0 Å².